The number of halogens is 1. The number of ether oxygens (including phenoxy) is 1. The molecule has 3 N–H and O–H groups in total. The number of anilines is 1. The second kappa shape index (κ2) is 9.80. The predicted octanol–water partition coefficient (Wildman–Crippen LogP) is -0.617. The molecule has 1 fully saturated rings. The number of nitrogens with zero attached hydrogens (tertiary/aromatic N) is 2. The molecular weight excluding hydrogens is 414 g/mol. The number of methoxy groups -OCH3 is 1. The number of rotatable bonds is 9. The Labute approximate surface area is 168 Å². The number of hydrogen-bond donors (Lipinski definition) is 3. The zero-order valence-electron chi connectivity index (χ0n) is 14.6. The van der Waals surface area contributed by atoms with E-state index in [1.165, 1.54) is 11.5 Å². The number of β-lactam (4-membered cyclic amide) rings is 1. The van der Waals surface area contributed by atoms with Crippen LogP contribution in [0, 0.1) is 0 Å². The average molecular weight is 430 g/mol. The zero-order chi connectivity index (χ0) is 20.7. The minimum atomic E-state index is -1.13. The number of nitrogens with one attached hydrogen (secondary N) is 3. The van der Waals surface area contributed by atoms with Gasteiger partial charge in [-0.25, -0.2) is 9.78 Å². The first-order valence-corrected chi connectivity index (χ1v) is 9.14. The lowest BCUT2D eigenvalue weighted by molar-refractivity contribution is -0.153. The topological polar surface area (TPSA) is 148 Å². The largest absolute Gasteiger partial charge is 0.467 e. The minimum Gasteiger partial charge on any atom is -0.467 e. The van der Waals surface area contributed by atoms with Crippen LogP contribution in [0.5, 0.6) is 0 Å². The zero-order valence-corrected chi connectivity index (χ0v) is 16.1. The molecule has 1 aliphatic heterocycles. The second-order valence-electron chi connectivity index (χ2n) is 5.20. The number of amides is 3. The SMILES string of the molecule is C=CCO/N=C(/C(=O)N[C@H]1C(=O)N[C@H]1C(=O)OC)c1csc(NC(=O)CCl)n1. The van der Waals surface area contributed by atoms with Gasteiger partial charge in [0.05, 0.1) is 7.11 Å². The number of oxime groups is 1. The van der Waals surface area contributed by atoms with E-state index in [0.717, 1.165) is 18.4 Å². The van der Waals surface area contributed by atoms with Crippen LogP contribution in [0.1, 0.15) is 5.69 Å². The van der Waals surface area contributed by atoms with Crippen LogP contribution in [0.3, 0.4) is 0 Å². The van der Waals surface area contributed by atoms with Gasteiger partial charge in [-0.05, 0) is 0 Å². The predicted molar refractivity (Wildman–Crippen MR) is 100 cm³/mol. The summed E-state index contributed by atoms with van der Waals surface area (Å²) in [6, 6.07) is -2.13. The molecule has 0 radical (unpaired) electrons. The van der Waals surface area contributed by atoms with E-state index >= 15 is 0 Å². The Bertz CT molecular complexity index is 826. The first-order valence-electron chi connectivity index (χ1n) is 7.72. The quantitative estimate of drug-likeness (QED) is 0.0901. The Balaban J connectivity index is 2.18. The number of carbonyl (C=O) groups is 4. The molecule has 0 aromatic carbocycles. The molecule has 11 nitrogen and oxygen atoms in total. The fraction of sp³-hybridized carbons (Fsp3) is 0.333. The van der Waals surface area contributed by atoms with Crippen molar-refractivity contribution < 1.29 is 28.8 Å². The molecule has 0 aliphatic carbocycles. The molecule has 1 aromatic heterocycles. The lowest BCUT2D eigenvalue weighted by Gasteiger charge is -2.34. The summed E-state index contributed by atoms with van der Waals surface area (Å²) in [4.78, 5) is 56.3. The summed E-state index contributed by atoms with van der Waals surface area (Å²) in [6.45, 7) is 3.49. The fourth-order valence-corrected chi connectivity index (χ4v) is 2.79. The van der Waals surface area contributed by atoms with Crippen molar-refractivity contribution in [3.05, 3.63) is 23.7 Å². The standard InChI is InChI=1S/C15H16ClN5O6S/c1-3-4-27-21-9(7-6-28-15(17-7)18-8(22)5-16)12(23)19-10-11(14(25)26-2)20-13(10)24/h3,6,10-11H,1,4-5H2,2H3,(H,19,23)(H,20,24)(H,17,18,22)/b21-9+/t10-,11-/m1/s1. The van der Waals surface area contributed by atoms with E-state index in [9.17, 15) is 19.2 Å². The highest BCUT2D eigenvalue weighted by Crippen LogP contribution is 2.17. The first-order chi connectivity index (χ1) is 13.4. The number of aromatic nitrogens is 1. The summed E-state index contributed by atoms with van der Waals surface area (Å²) in [5.41, 5.74) is -0.168. The van der Waals surface area contributed by atoms with Gasteiger partial charge in [0.25, 0.3) is 5.91 Å². The lowest BCUT2D eigenvalue weighted by atomic mass is 9.99. The van der Waals surface area contributed by atoms with Crippen molar-refractivity contribution in [1.82, 2.24) is 15.6 Å². The molecule has 13 heteroatoms. The van der Waals surface area contributed by atoms with Crippen LogP contribution >= 0.6 is 22.9 Å². The van der Waals surface area contributed by atoms with Gasteiger partial charge in [0, 0.05) is 5.38 Å². The molecule has 1 aliphatic rings. The molecular formula is C15H16ClN5O6S. The van der Waals surface area contributed by atoms with Crippen molar-refractivity contribution in [2.24, 2.45) is 5.16 Å². The van der Waals surface area contributed by atoms with Crippen LogP contribution in [0.15, 0.2) is 23.2 Å². The number of thiazole rings is 1. The number of hydrogen-bond acceptors (Lipinski definition) is 9. The molecule has 1 aromatic rings. The first kappa shape index (κ1) is 21.3. The number of carbonyl (C=O) groups excluding carboxylic acids is 4. The molecule has 0 spiro atoms. The number of alkyl halides is 1. The lowest BCUT2D eigenvalue weighted by Crippen LogP contribution is -2.72. The summed E-state index contributed by atoms with van der Waals surface area (Å²) >= 11 is 6.46. The summed E-state index contributed by atoms with van der Waals surface area (Å²) < 4.78 is 4.56. The molecule has 2 atom stereocenters. The third kappa shape index (κ3) is 5.04. The Morgan fingerprint density at radius 2 is 2.25 bits per heavy atom. The fourth-order valence-electron chi connectivity index (χ4n) is 2.01. The van der Waals surface area contributed by atoms with Gasteiger partial charge in [0.1, 0.15) is 24.2 Å². The summed E-state index contributed by atoms with van der Waals surface area (Å²) in [5.74, 6) is -2.79. The molecule has 2 rings (SSSR count). The highest BCUT2D eigenvalue weighted by atomic mass is 35.5. The molecule has 150 valence electrons. The second-order valence-corrected chi connectivity index (χ2v) is 6.33. The normalized spacial score (nSPS) is 18.4. The maximum atomic E-state index is 12.6. The van der Waals surface area contributed by atoms with E-state index in [-0.39, 0.29) is 29.0 Å². The Morgan fingerprint density at radius 3 is 2.86 bits per heavy atom. The highest BCUT2D eigenvalue weighted by Gasteiger charge is 2.46. The molecule has 1 saturated heterocycles. The smallest absolute Gasteiger partial charge is 0.331 e. The van der Waals surface area contributed by atoms with Crippen molar-refractivity contribution in [1.29, 1.82) is 0 Å². The third-order valence-electron chi connectivity index (χ3n) is 3.33. The van der Waals surface area contributed by atoms with Crippen LogP contribution in [-0.4, -0.2) is 66.1 Å². The Kier molecular flexibility index (Phi) is 7.46. The van der Waals surface area contributed by atoms with E-state index in [4.69, 9.17) is 16.4 Å². The van der Waals surface area contributed by atoms with Crippen LogP contribution in [0.25, 0.3) is 0 Å². The number of esters is 1. The van der Waals surface area contributed by atoms with Gasteiger partial charge < -0.3 is 25.5 Å². The third-order valence-corrected chi connectivity index (χ3v) is 4.33. The molecule has 0 bridgehead atoms. The summed E-state index contributed by atoms with van der Waals surface area (Å²) in [5, 5.41) is 12.5. The van der Waals surface area contributed by atoms with Gasteiger partial charge in [0.15, 0.2) is 16.9 Å². The van der Waals surface area contributed by atoms with E-state index in [2.05, 4.69) is 37.4 Å². The van der Waals surface area contributed by atoms with Crippen LogP contribution in [0.2, 0.25) is 0 Å². The maximum absolute atomic E-state index is 12.6. The maximum Gasteiger partial charge on any atom is 0.331 e. The average Bonchev–Trinajstić information content (AvgIpc) is 3.14. The molecule has 2 heterocycles. The van der Waals surface area contributed by atoms with Gasteiger partial charge >= 0.3 is 5.97 Å². The van der Waals surface area contributed by atoms with Crippen molar-refractivity contribution in [2.45, 2.75) is 12.1 Å². The van der Waals surface area contributed by atoms with Crippen molar-refractivity contribution >= 4 is 57.5 Å². The van der Waals surface area contributed by atoms with Crippen molar-refractivity contribution in [3.8, 4) is 0 Å². The van der Waals surface area contributed by atoms with E-state index in [0.29, 0.717) is 0 Å². The van der Waals surface area contributed by atoms with Crippen molar-refractivity contribution in [2.75, 3.05) is 24.9 Å². The highest BCUT2D eigenvalue weighted by molar-refractivity contribution is 7.14. The monoisotopic (exact) mass is 429 g/mol. The molecule has 28 heavy (non-hydrogen) atoms. The summed E-state index contributed by atoms with van der Waals surface area (Å²) in [7, 11) is 1.16. The van der Waals surface area contributed by atoms with Crippen LogP contribution < -0.4 is 16.0 Å². The molecule has 0 saturated carbocycles. The van der Waals surface area contributed by atoms with Crippen LogP contribution in [0.4, 0.5) is 5.13 Å². The van der Waals surface area contributed by atoms with Gasteiger partial charge in [-0.1, -0.05) is 17.8 Å². The Morgan fingerprint density at radius 1 is 1.50 bits per heavy atom. The molecule has 3 amide bonds. The van der Waals surface area contributed by atoms with E-state index < -0.39 is 35.8 Å². The van der Waals surface area contributed by atoms with Gasteiger partial charge in [0.2, 0.25) is 11.8 Å². The summed E-state index contributed by atoms with van der Waals surface area (Å²) in [6.07, 6.45) is 1.42. The molecule has 0 unspecified atom stereocenters. The van der Waals surface area contributed by atoms with Gasteiger partial charge in [-0.15, -0.1) is 22.9 Å². The Hall–Kier alpha value is -2.99. The van der Waals surface area contributed by atoms with E-state index in [1.807, 2.05) is 0 Å². The van der Waals surface area contributed by atoms with E-state index in [1.54, 1.807) is 0 Å². The van der Waals surface area contributed by atoms with Gasteiger partial charge in [-0.3, -0.25) is 14.4 Å². The van der Waals surface area contributed by atoms with Crippen LogP contribution in [-0.2, 0) is 28.8 Å². The minimum absolute atomic E-state index is 0.0193. The van der Waals surface area contributed by atoms with Crippen molar-refractivity contribution in [3.63, 3.8) is 0 Å². The van der Waals surface area contributed by atoms with Gasteiger partial charge in [-0.2, -0.15) is 0 Å².